The van der Waals surface area contributed by atoms with Crippen LogP contribution in [0.1, 0.15) is 45.8 Å². The van der Waals surface area contributed by atoms with Crippen molar-refractivity contribution in [2.24, 2.45) is 0 Å². The number of carbonyl (C=O) groups is 2. The fourth-order valence-corrected chi connectivity index (χ4v) is 2.56. The predicted molar refractivity (Wildman–Crippen MR) is 90.9 cm³/mol. The maximum atomic E-state index is 14.0. The van der Waals surface area contributed by atoms with Crippen molar-refractivity contribution in [3.63, 3.8) is 0 Å². The van der Waals surface area contributed by atoms with Crippen LogP contribution in [-0.4, -0.2) is 17.1 Å². The van der Waals surface area contributed by atoms with Gasteiger partial charge in [0.1, 0.15) is 5.82 Å². The zero-order valence-electron chi connectivity index (χ0n) is 13.6. The number of urea groups is 1. The molecule has 0 atom stereocenters. The van der Waals surface area contributed by atoms with Gasteiger partial charge >= 0.3 is 12.0 Å². The molecule has 0 aliphatic heterocycles. The molecule has 0 aromatic heterocycles. The zero-order valence-corrected chi connectivity index (χ0v) is 13.6. The summed E-state index contributed by atoms with van der Waals surface area (Å²) in [5, 5.41) is 14.1. The van der Waals surface area contributed by atoms with Crippen LogP contribution in [0.5, 0.6) is 0 Å². The Labute approximate surface area is 144 Å². The van der Waals surface area contributed by atoms with Crippen molar-refractivity contribution in [2.45, 2.75) is 31.8 Å². The summed E-state index contributed by atoms with van der Waals surface area (Å²) in [5.74, 6) is -0.798. The molecule has 0 radical (unpaired) electrons. The molecule has 2 aromatic rings. The number of nitrogens with one attached hydrogen (secondary N) is 2. The summed E-state index contributed by atoms with van der Waals surface area (Å²) in [5.41, 5.74) is 2.44. The van der Waals surface area contributed by atoms with Gasteiger partial charge in [-0.3, -0.25) is 0 Å². The number of hydrogen-bond acceptors (Lipinski definition) is 2. The average Bonchev–Trinajstić information content (AvgIpc) is 3.44. The lowest BCUT2D eigenvalue weighted by Crippen LogP contribution is -2.34. The number of benzene rings is 2. The summed E-state index contributed by atoms with van der Waals surface area (Å²) in [6, 6.07) is 11.0. The molecule has 1 saturated carbocycles. The largest absolute Gasteiger partial charge is 0.478 e. The topological polar surface area (TPSA) is 78.4 Å². The van der Waals surface area contributed by atoms with E-state index in [4.69, 9.17) is 5.11 Å². The highest BCUT2D eigenvalue weighted by Crippen LogP contribution is 2.40. The summed E-state index contributed by atoms with van der Waals surface area (Å²) in [7, 11) is 0. The second-order valence-corrected chi connectivity index (χ2v) is 6.16. The van der Waals surface area contributed by atoms with Crippen LogP contribution in [0, 0.1) is 5.82 Å². The van der Waals surface area contributed by atoms with Gasteiger partial charge in [-0.05, 0) is 48.1 Å². The highest BCUT2D eigenvalue weighted by atomic mass is 19.1. The van der Waals surface area contributed by atoms with Crippen molar-refractivity contribution in [1.82, 2.24) is 10.6 Å². The first-order valence-electron chi connectivity index (χ1n) is 8.15. The van der Waals surface area contributed by atoms with Crippen molar-refractivity contribution >= 4 is 12.0 Å². The maximum Gasteiger partial charge on any atom is 0.335 e. The van der Waals surface area contributed by atoms with E-state index in [2.05, 4.69) is 10.6 Å². The van der Waals surface area contributed by atoms with Crippen molar-refractivity contribution in [1.29, 1.82) is 0 Å². The molecule has 0 spiro atoms. The Kier molecular flexibility index (Phi) is 4.97. The minimum atomic E-state index is -0.994. The van der Waals surface area contributed by atoms with Crippen LogP contribution >= 0.6 is 0 Å². The Morgan fingerprint density at radius 1 is 1.04 bits per heavy atom. The number of rotatable bonds is 6. The van der Waals surface area contributed by atoms with Crippen LogP contribution in [0.4, 0.5) is 9.18 Å². The van der Waals surface area contributed by atoms with E-state index < -0.39 is 12.0 Å². The molecule has 25 heavy (non-hydrogen) atoms. The lowest BCUT2D eigenvalue weighted by atomic mass is 10.1. The van der Waals surface area contributed by atoms with Gasteiger partial charge in [-0.15, -0.1) is 0 Å². The highest BCUT2D eigenvalue weighted by molar-refractivity contribution is 5.87. The molecule has 2 amide bonds. The number of carboxylic acid groups (broad SMARTS) is 1. The molecule has 3 rings (SSSR count). The fraction of sp³-hybridized carbons (Fsp3) is 0.263. The molecule has 1 fully saturated rings. The number of halogens is 1. The van der Waals surface area contributed by atoms with E-state index in [1.54, 1.807) is 24.3 Å². The van der Waals surface area contributed by atoms with Crippen molar-refractivity contribution < 1.29 is 19.1 Å². The first-order chi connectivity index (χ1) is 12.0. The van der Waals surface area contributed by atoms with Gasteiger partial charge in [0.15, 0.2) is 0 Å². The van der Waals surface area contributed by atoms with Gasteiger partial charge in [0.25, 0.3) is 0 Å². The van der Waals surface area contributed by atoms with Crippen LogP contribution in [0.15, 0.2) is 42.5 Å². The molecule has 1 aliphatic rings. The zero-order chi connectivity index (χ0) is 17.8. The van der Waals surface area contributed by atoms with E-state index in [1.807, 2.05) is 6.07 Å². The van der Waals surface area contributed by atoms with Gasteiger partial charge in [0.2, 0.25) is 0 Å². The van der Waals surface area contributed by atoms with Crippen molar-refractivity contribution in [3.8, 4) is 0 Å². The molecule has 0 saturated heterocycles. The van der Waals surface area contributed by atoms with Gasteiger partial charge in [0, 0.05) is 18.7 Å². The monoisotopic (exact) mass is 342 g/mol. The Morgan fingerprint density at radius 3 is 2.32 bits per heavy atom. The Balaban J connectivity index is 1.47. The second-order valence-electron chi connectivity index (χ2n) is 6.16. The summed E-state index contributed by atoms with van der Waals surface area (Å²) in [4.78, 5) is 22.6. The predicted octanol–water partition coefficient (Wildman–Crippen LogP) is 3.40. The van der Waals surface area contributed by atoms with Crippen LogP contribution in [0.3, 0.4) is 0 Å². The first kappa shape index (κ1) is 17.0. The van der Waals surface area contributed by atoms with Crippen LogP contribution in [0.2, 0.25) is 0 Å². The van der Waals surface area contributed by atoms with Gasteiger partial charge in [0.05, 0.1) is 5.56 Å². The van der Waals surface area contributed by atoms with Crippen LogP contribution < -0.4 is 10.6 Å². The lowest BCUT2D eigenvalue weighted by Gasteiger charge is -2.09. The number of hydrogen-bond donors (Lipinski definition) is 3. The summed E-state index contributed by atoms with van der Waals surface area (Å²) in [6.07, 6.45) is 2.24. The Bertz CT molecular complexity index is 786. The minimum Gasteiger partial charge on any atom is -0.478 e. The molecule has 2 aromatic carbocycles. The maximum absolute atomic E-state index is 14.0. The molecule has 0 unspecified atom stereocenters. The van der Waals surface area contributed by atoms with Crippen molar-refractivity contribution in [2.75, 3.05) is 0 Å². The molecular weight excluding hydrogens is 323 g/mol. The second kappa shape index (κ2) is 7.34. The van der Waals surface area contributed by atoms with Gasteiger partial charge in [-0.25, -0.2) is 14.0 Å². The normalized spacial score (nSPS) is 13.3. The molecular formula is C19H19FN2O3. The van der Waals surface area contributed by atoms with Crippen LogP contribution in [-0.2, 0) is 13.1 Å². The molecule has 6 heteroatoms. The van der Waals surface area contributed by atoms with Crippen LogP contribution in [0.25, 0.3) is 0 Å². The molecule has 0 bridgehead atoms. The van der Waals surface area contributed by atoms with E-state index in [-0.39, 0.29) is 24.5 Å². The molecule has 0 heterocycles. The first-order valence-corrected chi connectivity index (χ1v) is 8.15. The summed E-state index contributed by atoms with van der Waals surface area (Å²) < 4.78 is 14.0. The highest BCUT2D eigenvalue weighted by Gasteiger charge is 2.24. The summed E-state index contributed by atoms with van der Waals surface area (Å²) in [6.45, 7) is 0.370. The standard InChI is InChI=1S/C19H19FN2O3/c20-17-9-15(13-5-6-13)7-8-16(17)11-22-19(25)21-10-12-1-3-14(4-2-12)18(23)24/h1-4,7-9,13H,5-6,10-11H2,(H,23,24)(H2,21,22,25). The summed E-state index contributed by atoms with van der Waals surface area (Å²) >= 11 is 0. The van der Waals surface area contributed by atoms with Crippen molar-refractivity contribution in [3.05, 3.63) is 70.5 Å². The SMILES string of the molecule is O=C(NCc1ccc(C(=O)O)cc1)NCc1ccc(C2CC2)cc1F. The average molecular weight is 342 g/mol. The third-order valence-electron chi connectivity index (χ3n) is 4.22. The molecule has 5 nitrogen and oxygen atoms in total. The smallest absolute Gasteiger partial charge is 0.335 e. The number of carbonyl (C=O) groups excluding carboxylic acids is 1. The minimum absolute atomic E-state index is 0.112. The Morgan fingerprint density at radius 2 is 1.72 bits per heavy atom. The third-order valence-corrected chi connectivity index (χ3v) is 4.22. The van der Waals surface area contributed by atoms with Gasteiger partial charge < -0.3 is 15.7 Å². The molecule has 1 aliphatic carbocycles. The fourth-order valence-electron chi connectivity index (χ4n) is 2.56. The molecule has 130 valence electrons. The number of amides is 2. The van der Waals surface area contributed by atoms with E-state index in [0.717, 1.165) is 24.0 Å². The lowest BCUT2D eigenvalue weighted by molar-refractivity contribution is 0.0697. The number of carboxylic acids is 1. The van der Waals surface area contributed by atoms with E-state index in [0.29, 0.717) is 11.5 Å². The number of aromatic carboxylic acids is 1. The van der Waals surface area contributed by atoms with E-state index in [9.17, 15) is 14.0 Å². The Hall–Kier alpha value is -2.89. The van der Waals surface area contributed by atoms with Gasteiger partial charge in [-0.2, -0.15) is 0 Å². The molecule has 3 N–H and O–H groups in total. The quantitative estimate of drug-likeness (QED) is 0.753. The van der Waals surface area contributed by atoms with Gasteiger partial charge in [-0.1, -0.05) is 24.3 Å². The van der Waals surface area contributed by atoms with E-state index >= 15 is 0 Å². The third kappa shape index (κ3) is 4.56. The van der Waals surface area contributed by atoms with E-state index in [1.165, 1.54) is 12.1 Å².